The first kappa shape index (κ1) is 22.8. The minimum atomic E-state index is -1.80. The standard InChI is InChI=1S/C16H20Cl3N3O3S/c1-3-4-5-12(23)21-14(16(17,18)19)22-15(26)20-11-8-6-10(7-9-11)13(24)25-2/h6-9,14H,3-5H2,1-2H3,(H,21,23)(H2,20,22,26)/t14-/m0/s1. The summed E-state index contributed by atoms with van der Waals surface area (Å²) in [5.41, 5.74) is 1.01. The first-order chi connectivity index (χ1) is 12.2. The van der Waals surface area contributed by atoms with Crippen LogP contribution in [0.25, 0.3) is 0 Å². The van der Waals surface area contributed by atoms with Gasteiger partial charge in [-0.05, 0) is 42.9 Å². The number of ether oxygens (including phenoxy) is 1. The van der Waals surface area contributed by atoms with Gasteiger partial charge < -0.3 is 20.7 Å². The van der Waals surface area contributed by atoms with Gasteiger partial charge >= 0.3 is 5.97 Å². The molecular formula is C16H20Cl3N3O3S. The number of hydrogen-bond acceptors (Lipinski definition) is 4. The number of hydrogen-bond donors (Lipinski definition) is 3. The van der Waals surface area contributed by atoms with Gasteiger partial charge in [-0.3, -0.25) is 4.79 Å². The van der Waals surface area contributed by atoms with Crippen molar-refractivity contribution in [3.8, 4) is 0 Å². The van der Waals surface area contributed by atoms with E-state index in [1.54, 1.807) is 24.3 Å². The van der Waals surface area contributed by atoms with Crippen molar-refractivity contribution in [2.45, 2.75) is 36.1 Å². The predicted octanol–water partition coefficient (Wildman–Crippen LogP) is 3.76. The second kappa shape index (κ2) is 10.8. The molecule has 1 aromatic carbocycles. The van der Waals surface area contributed by atoms with Gasteiger partial charge in [0.05, 0.1) is 12.7 Å². The second-order valence-corrected chi connectivity index (χ2v) is 8.09. The number of esters is 1. The lowest BCUT2D eigenvalue weighted by atomic mass is 10.2. The number of benzene rings is 1. The van der Waals surface area contributed by atoms with Crippen LogP contribution in [0.2, 0.25) is 0 Å². The highest BCUT2D eigenvalue weighted by Crippen LogP contribution is 2.29. The van der Waals surface area contributed by atoms with E-state index in [1.165, 1.54) is 7.11 Å². The molecule has 1 amide bonds. The highest BCUT2D eigenvalue weighted by Gasteiger charge is 2.34. The summed E-state index contributed by atoms with van der Waals surface area (Å²) in [5, 5.41) is 8.40. The fourth-order valence-electron chi connectivity index (χ4n) is 1.88. The van der Waals surface area contributed by atoms with Gasteiger partial charge in [-0.15, -0.1) is 0 Å². The van der Waals surface area contributed by atoms with Crippen LogP contribution in [0.15, 0.2) is 24.3 Å². The number of amides is 1. The maximum absolute atomic E-state index is 11.9. The molecule has 0 aromatic heterocycles. The number of nitrogens with one attached hydrogen (secondary N) is 3. The smallest absolute Gasteiger partial charge is 0.337 e. The van der Waals surface area contributed by atoms with Crippen LogP contribution in [0.4, 0.5) is 5.69 Å². The van der Waals surface area contributed by atoms with Gasteiger partial charge in [-0.1, -0.05) is 48.1 Å². The first-order valence-corrected chi connectivity index (χ1v) is 9.33. The van der Waals surface area contributed by atoms with Crippen molar-refractivity contribution >= 4 is 69.7 Å². The molecule has 10 heteroatoms. The summed E-state index contributed by atoms with van der Waals surface area (Å²) in [4.78, 5) is 23.3. The van der Waals surface area contributed by atoms with E-state index in [9.17, 15) is 9.59 Å². The molecule has 0 saturated carbocycles. The number of unbranched alkanes of at least 4 members (excludes halogenated alkanes) is 1. The third-order valence-corrected chi connectivity index (χ3v) is 4.10. The molecule has 0 aliphatic heterocycles. The number of methoxy groups -OCH3 is 1. The van der Waals surface area contributed by atoms with Crippen molar-refractivity contribution in [1.29, 1.82) is 0 Å². The Bertz CT molecular complexity index is 636. The van der Waals surface area contributed by atoms with Crippen LogP contribution >= 0.6 is 47.0 Å². The summed E-state index contributed by atoms with van der Waals surface area (Å²) in [6, 6.07) is 6.44. The van der Waals surface area contributed by atoms with Crippen molar-refractivity contribution in [3.05, 3.63) is 29.8 Å². The topological polar surface area (TPSA) is 79.5 Å². The lowest BCUT2D eigenvalue weighted by Crippen LogP contribution is -2.56. The molecule has 0 unspecified atom stereocenters. The van der Waals surface area contributed by atoms with Gasteiger partial charge in [0.25, 0.3) is 0 Å². The normalized spacial score (nSPS) is 12.0. The van der Waals surface area contributed by atoms with Crippen LogP contribution in [0, 0.1) is 0 Å². The molecule has 6 nitrogen and oxygen atoms in total. The van der Waals surface area contributed by atoms with Crippen molar-refractivity contribution in [2.24, 2.45) is 0 Å². The summed E-state index contributed by atoms with van der Waals surface area (Å²) in [7, 11) is 1.30. The largest absolute Gasteiger partial charge is 0.465 e. The molecule has 3 N–H and O–H groups in total. The predicted molar refractivity (Wildman–Crippen MR) is 109 cm³/mol. The second-order valence-electron chi connectivity index (χ2n) is 5.31. The Morgan fingerprint density at radius 3 is 2.31 bits per heavy atom. The summed E-state index contributed by atoms with van der Waals surface area (Å²) >= 11 is 22.9. The van der Waals surface area contributed by atoms with Gasteiger partial charge in [0.15, 0.2) is 5.11 Å². The average molecular weight is 441 g/mol. The average Bonchev–Trinajstić information content (AvgIpc) is 2.58. The van der Waals surface area contributed by atoms with Crippen LogP contribution in [-0.4, -0.2) is 34.1 Å². The van der Waals surface area contributed by atoms with Gasteiger partial charge in [0.1, 0.15) is 6.17 Å². The van der Waals surface area contributed by atoms with Gasteiger partial charge in [-0.25, -0.2) is 4.79 Å². The minimum Gasteiger partial charge on any atom is -0.465 e. The monoisotopic (exact) mass is 439 g/mol. The summed E-state index contributed by atoms with van der Waals surface area (Å²) in [6.07, 6.45) is 0.921. The van der Waals surface area contributed by atoms with E-state index in [2.05, 4.69) is 20.7 Å². The number of rotatable bonds is 7. The lowest BCUT2D eigenvalue weighted by molar-refractivity contribution is -0.122. The Labute approximate surface area is 172 Å². The van der Waals surface area contributed by atoms with E-state index < -0.39 is 15.9 Å². The number of carbonyl (C=O) groups excluding carboxylic acids is 2. The van der Waals surface area contributed by atoms with Gasteiger partial charge in [0.2, 0.25) is 9.70 Å². The quantitative estimate of drug-likeness (QED) is 0.259. The maximum atomic E-state index is 11.9. The molecule has 0 saturated heterocycles. The molecule has 0 radical (unpaired) electrons. The number of thiocarbonyl (C=S) groups is 1. The zero-order valence-corrected chi connectivity index (χ0v) is 17.4. The lowest BCUT2D eigenvalue weighted by Gasteiger charge is -2.27. The Morgan fingerprint density at radius 1 is 1.19 bits per heavy atom. The molecule has 1 aromatic rings. The number of carbonyl (C=O) groups is 2. The first-order valence-electron chi connectivity index (χ1n) is 7.79. The summed E-state index contributed by atoms with van der Waals surface area (Å²) in [5.74, 6) is -0.691. The molecule has 1 rings (SSSR count). The zero-order valence-electron chi connectivity index (χ0n) is 14.3. The molecule has 0 fully saturated rings. The minimum absolute atomic E-state index is 0.142. The summed E-state index contributed by atoms with van der Waals surface area (Å²) < 4.78 is 2.83. The van der Waals surface area contributed by atoms with Gasteiger partial charge in [0, 0.05) is 12.1 Å². The van der Waals surface area contributed by atoms with Gasteiger partial charge in [-0.2, -0.15) is 0 Å². The van der Waals surface area contributed by atoms with Crippen LogP contribution in [0.5, 0.6) is 0 Å². The fraction of sp³-hybridized carbons (Fsp3) is 0.438. The van der Waals surface area contributed by atoms with E-state index in [1.807, 2.05) is 6.92 Å². The molecule has 0 spiro atoms. The van der Waals surface area contributed by atoms with E-state index in [-0.39, 0.29) is 11.0 Å². The molecule has 144 valence electrons. The number of alkyl halides is 3. The Balaban J connectivity index is 2.68. The SMILES string of the molecule is CCCCC(=O)N[C@@H](NC(=S)Nc1ccc(C(=O)OC)cc1)C(Cl)(Cl)Cl. The van der Waals surface area contributed by atoms with Crippen LogP contribution < -0.4 is 16.0 Å². The third-order valence-electron chi connectivity index (χ3n) is 3.23. The van der Waals surface area contributed by atoms with Crippen molar-refractivity contribution in [2.75, 3.05) is 12.4 Å². The van der Waals surface area contributed by atoms with Crippen molar-refractivity contribution in [1.82, 2.24) is 10.6 Å². The van der Waals surface area contributed by atoms with Crippen LogP contribution in [-0.2, 0) is 9.53 Å². The van der Waals surface area contributed by atoms with E-state index in [0.717, 1.165) is 12.8 Å². The Morgan fingerprint density at radius 2 is 1.81 bits per heavy atom. The molecule has 0 aliphatic carbocycles. The molecule has 0 bridgehead atoms. The number of anilines is 1. The fourth-order valence-corrected chi connectivity index (χ4v) is 2.44. The highest BCUT2D eigenvalue weighted by atomic mass is 35.6. The highest BCUT2D eigenvalue weighted by molar-refractivity contribution is 7.80. The molecule has 0 aliphatic rings. The van der Waals surface area contributed by atoms with E-state index in [0.29, 0.717) is 17.7 Å². The molecule has 1 atom stereocenters. The number of halogens is 3. The maximum Gasteiger partial charge on any atom is 0.337 e. The Hall–Kier alpha value is -1.28. The third kappa shape index (κ3) is 7.95. The van der Waals surface area contributed by atoms with Crippen LogP contribution in [0.3, 0.4) is 0 Å². The Kier molecular flexibility index (Phi) is 9.43. The zero-order chi connectivity index (χ0) is 19.7. The van der Waals surface area contributed by atoms with Crippen LogP contribution in [0.1, 0.15) is 36.5 Å². The van der Waals surface area contributed by atoms with E-state index in [4.69, 9.17) is 47.0 Å². The molecular weight excluding hydrogens is 421 g/mol. The molecule has 0 heterocycles. The molecule has 26 heavy (non-hydrogen) atoms. The summed E-state index contributed by atoms with van der Waals surface area (Å²) in [6.45, 7) is 1.97. The van der Waals surface area contributed by atoms with E-state index >= 15 is 0 Å². The van der Waals surface area contributed by atoms with Crippen molar-refractivity contribution in [3.63, 3.8) is 0 Å². The van der Waals surface area contributed by atoms with Crippen molar-refractivity contribution < 1.29 is 14.3 Å².